The van der Waals surface area contributed by atoms with Crippen molar-refractivity contribution in [2.24, 2.45) is 0 Å². The zero-order valence-corrected chi connectivity index (χ0v) is 14.8. The molecule has 1 aliphatic heterocycles. The lowest BCUT2D eigenvalue weighted by Crippen LogP contribution is -2.35. The van der Waals surface area contributed by atoms with Gasteiger partial charge in [-0.2, -0.15) is 0 Å². The quantitative estimate of drug-likeness (QED) is 0.739. The number of carbonyl (C=O) groups excluding carboxylic acids is 1. The fourth-order valence-corrected chi connectivity index (χ4v) is 3.80. The molecule has 2 heterocycles. The number of aryl methyl sites for hydroxylation is 1. The predicted molar refractivity (Wildman–Crippen MR) is 104 cm³/mol. The second-order valence-corrected chi connectivity index (χ2v) is 6.61. The third-order valence-corrected chi connectivity index (χ3v) is 5.18. The van der Waals surface area contributed by atoms with E-state index >= 15 is 0 Å². The molecular weight excluding hydrogens is 334 g/mol. The van der Waals surface area contributed by atoms with Gasteiger partial charge in [0.15, 0.2) is 0 Å². The van der Waals surface area contributed by atoms with Gasteiger partial charge in [-0.25, -0.2) is 0 Å². The molecule has 1 aliphatic rings. The van der Waals surface area contributed by atoms with Gasteiger partial charge in [0.2, 0.25) is 5.91 Å². The predicted octanol–water partition coefficient (Wildman–Crippen LogP) is 4.24. The van der Waals surface area contributed by atoms with Crippen LogP contribution in [0.25, 0.3) is 21.8 Å². The van der Waals surface area contributed by atoms with E-state index in [0.717, 1.165) is 23.2 Å². The normalized spacial score (nSPS) is 19.1. The van der Waals surface area contributed by atoms with Crippen LogP contribution >= 0.6 is 11.6 Å². The summed E-state index contributed by atoms with van der Waals surface area (Å²) in [6.07, 6.45) is 0.659. The van der Waals surface area contributed by atoms with Gasteiger partial charge < -0.3 is 15.2 Å². The van der Waals surface area contributed by atoms with Crippen LogP contribution in [0.5, 0.6) is 0 Å². The monoisotopic (exact) mass is 353 g/mol. The molecule has 0 aliphatic carbocycles. The SMILES string of the molecule is CCn1c2ccccc2c2cc(NC(=O)[C@@H]3CC(=CCl)CN3)ccc21. The number of aromatic nitrogens is 1. The molecule has 0 radical (unpaired) electrons. The van der Waals surface area contributed by atoms with E-state index in [0.29, 0.717) is 13.0 Å². The number of hydrogen-bond donors (Lipinski definition) is 2. The van der Waals surface area contributed by atoms with Crippen LogP contribution < -0.4 is 10.6 Å². The Bertz CT molecular complexity index is 989. The van der Waals surface area contributed by atoms with E-state index in [1.807, 2.05) is 6.07 Å². The molecule has 128 valence electrons. The van der Waals surface area contributed by atoms with Crippen LogP contribution in [0.2, 0.25) is 0 Å². The molecule has 1 amide bonds. The molecule has 2 aromatic carbocycles. The number of para-hydroxylation sites is 1. The van der Waals surface area contributed by atoms with Crippen LogP contribution in [-0.4, -0.2) is 23.1 Å². The number of hydrogen-bond acceptors (Lipinski definition) is 2. The lowest BCUT2D eigenvalue weighted by atomic mass is 10.1. The summed E-state index contributed by atoms with van der Waals surface area (Å²) in [6.45, 7) is 3.73. The molecular formula is C20H20ClN3O. The minimum Gasteiger partial charge on any atom is -0.341 e. The zero-order chi connectivity index (χ0) is 17.4. The standard InChI is InChI=1S/C20H20ClN3O/c1-2-24-18-6-4-3-5-15(18)16-10-14(7-8-19(16)24)23-20(25)17-9-13(11-21)12-22-17/h3-8,10-11,17,22H,2,9,12H2,1H3,(H,23,25)/t17-/m0/s1. The van der Waals surface area contributed by atoms with Gasteiger partial charge in [0.1, 0.15) is 0 Å². The number of amides is 1. The van der Waals surface area contributed by atoms with E-state index in [9.17, 15) is 4.79 Å². The number of benzene rings is 2. The van der Waals surface area contributed by atoms with Crippen LogP contribution in [0.1, 0.15) is 13.3 Å². The van der Waals surface area contributed by atoms with E-state index in [2.05, 4.69) is 58.5 Å². The largest absolute Gasteiger partial charge is 0.341 e. The second-order valence-electron chi connectivity index (χ2n) is 6.39. The molecule has 25 heavy (non-hydrogen) atoms. The highest BCUT2D eigenvalue weighted by Gasteiger charge is 2.25. The van der Waals surface area contributed by atoms with E-state index in [1.165, 1.54) is 16.4 Å². The van der Waals surface area contributed by atoms with E-state index in [1.54, 1.807) is 5.54 Å². The second kappa shape index (κ2) is 6.54. The Morgan fingerprint density at radius 1 is 1.28 bits per heavy atom. The highest BCUT2D eigenvalue weighted by atomic mass is 35.5. The maximum Gasteiger partial charge on any atom is 0.241 e. The van der Waals surface area contributed by atoms with E-state index < -0.39 is 0 Å². The number of halogens is 1. The van der Waals surface area contributed by atoms with Gasteiger partial charge in [-0.3, -0.25) is 4.79 Å². The highest BCUT2D eigenvalue weighted by Crippen LogP contribution is 2.31. The first-order valence-electron chi connectivity index (χ1n) is 8.54. The topological polar surface area (TPSA) is 46.1 Å². The lowest BCUT2D eigenvalue weighted by molar-refractivity contribution is -0.117. The molecule has 4 nitrogen and oxygen atoms in total. The number of nitrogens with zero attached hydrogens (tertiary/aromatic N) is 1. The third kappa shape index (κ3) is 2.81. The number of anilines is 1. The van der Waals surface area contributed by atoms with Crippen LogP contribution in [0.4, 0.5) is 5.69 Å². The maximum absolute atomic E-state index is 12.5. The first kappa shape index (κ1) is 16.2. The van der Waals surface area contributed by atoms with Crippen molar-refractivity contribution in [2.45, 2.75) is 25.9 Å². The maximum atomic E-state index is 12.5. The number of nitrogens with one attached hydrogen (secondary N) is 2. The molecule has 2 N–H and O–H groups in total. The minimum absolute atomic E-state index is 0.0212. The van der Waals surface area contributed by atoms with Gasteiger partial charge in [-0.1, -0.05) is 29.8 Å². The number of rotatable bonds is 3. The van der Waals surface area contributed by atoms with Gasteiger partial charge in [0.25, 0.3) is 0 Å². The van der Waals surface area contributed by atoms with Gasteiger partial charge in [0, 0.05) is 46.1 Å². The Kier molecular flexibility index (Phi) is 4.24. The van der Waals surface area contributed by atoms with Crippen molar-refractivity contribution in [1.82, 2.24) is 9.88 Å². The van der Waals surface area contributed by atoms with E-state index in [-0.39, 0.29) is 11.9 Å². The third-order valence-electron chi connectivity index (χ3n) is 4.87. The van der Waals surface area contributed by atoms with Gasteiger partial charge in [-0.15, -0.1) is 0 Å². The molecule has 4 rings (SSSR count). The lowest BCUT2D eigenvalue weighted by Gasteiger charge is -2.11. The molecule has 1 fully saturated rings. The summed E-state index contributed by atoms with van der Waals surface area (Å²) in [4.78, 5) is 12.5. The smallest absolute Gasteiger partial charge is 0.241 e. The number of carbonyl (C=O) groups is 1. The van der Waals surface area contributed by atoms with Crippen LogP contribution in [0.3, 0.4) is 0 Å². The van der Waals surface area contributed by atoms with Crippen LogP contribution in [0.15, 0.2) is 53.6 Å². The molecule has 3 aromatic rings. The Morgan fingerprint density at radius 3 is 2.84 bits per heavy atom. The van der Waals surface area contributed by atoms with Crippen molar-refractivity contribution in [3.63, 3.8) is 0 Å². The Hall–Kier alpha value is -2.30. The molecule has 0 spiro atoms. The molecule has 1 saturated heterocycles. The average molecular weight is 354 g/mol. The van der Waals surface area contributed by atoms with Gasteiger partial charge in [-0.05, 0) is 43.2 Å². The highest BCUT2D eigenvalue weighted by molar-refractivity contribution is 6.25. The average Bonchev–Trinajstić information content (AvgIpc) is 3.24. The number of fused-ring (bicyclic) bond motifs is 3. The van der Waals surface area contributed by atoms with Crippen molar-refractivity contribution >= 4 is 45.0 Å². The van der Waals surface area contributed by atoms with Crippen molar-refractivity contribution in [3.8, 4) is 0 Å². The first-order valence-corrected chi connectivity index (χ1v) is 8.98. The van der Waals surface area contributed by atoms with Crippen molar-refractivity contribution in [1.29, 1.82) is 0 Å². The molecule has 1 aromatic heterocycles. The van der Waals surface area contributed by atoms with E-state index in [4.69, 9.17) is 11.6 Å². The van der Waals surface area contributed by atoms with Crippen molar-refractivity contribution in [2.75, 3.05) is 11.9 Å². The summed E-state index contributed by atoms with van der Waals surface area (Å²) in [5.74, 6) is -0.0212. The summed E-state index contributed by atoms with van der Waals surface area (Å²) in [5.41, 5.74) is 5.85. The summed E-state index contributed by atoms with van der Waals surface area (Å²) >= 11 is 5.74. The molecule has 1 atom stereocenters. The first-order chi connectivity index (χ1) is 12.2. The van der Waals surface area contributed by atoms with Gasteiger partial charge >= 0.3 is 0 Å². The zero-order valence-electron chi connectivity index (χ0n) is 14.1. The minimum atomic E-state index is -0.224. The Balaban J connectivity index is 1.67. The summed E-state index contributed by atoms with van der Waals surface area (Å²) < 4.78 is 2.30. The Labute approximate surface area is 151 Å². The summed E-state index contributed by atoms with van der Waals surface area (Å²) in [7, 11) is 0. The Morgan fingerprint density at radius 2 is 2.08 bits per heavy atom. The van der Waals surface area contributed by atoms with Gasteiger partial charge in [0.05, 0.1) is 6.04 Å². The van der Waals surface area contributed by atoms with Crippen molar-refractivity contribution in [3.05, 3.63) is 53.6 Å². The fraction of sp³-hybridized carbons (Fsp3) is 0.250. The molecule has 5 heteroatoms. The molecule has 0 saturated carbocycles. The summed E-state index contributed by atoms with van der Waals surface area (Å²) in [5, 5.41) is 8.59. The summed E-state index contributed by atoms with van der Waals surface area (Å²) in [6, 6.07) is 14.3. The molecule has 0 bridgehead atoms. The van der Waals surface area contributed by atoms with Crippen LogP contribution in [-0.2, 0) is 11.3 Å². The van der Waals surface area contributed by atoms with Crippen molar-refractivity contribution < 1.29 is 4.79 Å². The fourth-order valence-electron chi connectivity index (χ4n) is 3.63. The molecule has 0 unspecified atom stereocenters. The van der Waals surface area contributed by atoms with Crippen LogP contribution in [0, 0.1) is 0 Å².